The van der Waals surface area contributed by atoms with Gasteiger partial charge in [-0.3, -0.25) is 0 Å². The van der Waals surface area contributed by atoms with E-state index in [0.29, 0.717) is 5.25 Å². The lowest BCUT2D eigenvalue weighted by Gasteiger charge is -2.33. The fourth-order valence-corrected chi connectivity index (χ4v) is 15.2. The maximum atomic E-state index is 4.07. The minimum atomic E-state index is -0.159. The summed E-state index contributed by atoms with van der Waals surface area (Å²) in [5.41, 5.74) is 21.2. The van der Waals surface area contributed by atoms with Crippen molar-refractivity contribution in [3.63, 3.8) is 0 Å². The summed E-state index contributed by atoms with van der Waals surface area (Å²) in [5.74, 6) is 0. The van der Waals surface area contributed by atoms with Crippen LogP contribution in [0.2, 0.25) is 0 Å². The molecule has 0 radical (unpaired) electrons. The lowest BCUT2D eigenvalue weighted by molar-refractivity contribution is 0.407. The van der Waals surface area contributed by atoms with E-state index in [4.69, 9.17) is 0 Å². The molecular formula is C69H58N2S2. The van der Waals surface area contributed by atoms with Crippen molar-refractivity contribution in [1.29, 1.82) is 0 Å². The van der Waals surface area contributed by atoms with Crippen molar-refractivity contribution in [1.82, 2.24) is 4.57 Å². The van der Waals surface area contributed by atoms with Gasteiger partial charge in [0.15, 0.2) is 0 Å². The topological polar surface area (TPSA) is 8.17 Å². The molecule has 0 spiro atoms. The Morgan fingerprint density at radius 3 is 1.81 bits per heavy atom. The Morgan fingerprint density at radius 1 is 0.521 bits per heavy atom. The van der Waals surface area contributed by atoms with Crippen LogP contribution >= 0.6 is 23.1 Å². The summed E-state index contributed by atoms with van der Waals surface area (Å²) in [7, 11) is 0. The largest absolute Gasteiger partial charge is 0.333 e. The third-order valence-corrected chi connectivity index (χ3v) is 18.6. The van der Waals surface area contributed by atoms with Crippen LogP contribution in [0.1, 0.15) is 88.3 Å². The molecule has 0 bridgehead atoms. The number of hydrogen-bond donors (Lipinski definition) is 0. The second-order valence-electron chi connectivity index (χ2n) is 20.3. The van der Waals surface area contributed by atoms with Gasteiger partial charge in [0, 0.05) is 37.6 Å². The molecule has 0 saturated carbocycles. The van der Waals surface area contributed by atoms with Crippen molar-refractivity contribution in [3.05, 3.63) is 264 Å². The van der Waals surface area contributed by atoms with E-state index in [2.05, 4.69) is 241 Å². The van der Waals surface area contributed by atoms with Crippen molar-refractivity contribution in [2.75, 3.05) is 4.90 Å². The molecule has 2 atom stereocenters. The van der Waals surface area contributed by atoms with E-state index in [1.54, 1.807) is 0 Å². The van der Waals surface area contributed by atoms with Gasteiger partial charge >= 0.3 is 0 Å². The minimum absolute atomic E-state index is 0.159. The number of nitrogens with zero attached hydrogens (tertiary/aromatic N) is 2. The van der Waals surface area contributed by atoms with Gasteiger partial charge in [-0.25, -0.2) is 0 Å². The SMILES string of the molecule is C=Cc1cccc(CCCCC2(CCCCc3cccc(C=C)c3)c3cc(C4=CC5C(S4)c4ccccc4N5c4ccccc4)ccc3-c3ccc(-c4cc5c(s4)c4ccccc4n5-c4ccccc4)cc32)c1. The Kier molecular flexibility index (Phi) is 12.0. The zero-order chi connectivity index (χ0) is 48.9. The molecule has 1 aliphatic carbocycles. The first kappa shape index (κ1) is 45.5. The second kappa shape index (κ2) is 19.2. The quantitative estimate of drug-likeness (QED) is 0.0892. The Labute approximate surface area is 438 Å². The van der Waals surface area contributed by atoms with Crippen molar-refractivity contribution in [2.24, 2.45) is 0 Å². The number of rotatable bonds is 16. The molecule has 0 fully saturated rings. The van der Waals surface area contributed by atoms with Crippen LogP contribution in [-0.2, 0) is 18.3 Å². The van der Waals surface area contributed by atoms with Crippen LogP contribution < -0.4 is 4.90 Å². The fraction of sp³-hybridized carbons (Fsp3) is 0.159. The first-order valence-corrected chi connectivity index (χ1v) is 27.9. The number of unbranched alkanes of at least 4 members (excludes halogenated alkanes) is 2. The molecule has 2 unspecified atom stereocenters. The zero-order valence-electron chi connectivity index (χ0n) is 41.2. The molecule has 2 nitrogen and oxygen atoms in total. The molecule has 4 heterocycles. The van der Waals surface area contributed by atoms with Gasteiger partial charge in [0.1, 0.15) is 0 Å². The molecule has 8 aromatic carbocycles. The van der Waals surface area contributed by atoms with Gasteiger partial charge in [0.25, 0.3) is 0 Å². The van der Waals surface area contributed by atoms with Crippen molar-refractivity contribution >= 4 is 72.7 Å². The molecule has 73 heavy (non-hydrogen) atoms. The average Bonchev–Trinajstić information content (AvgIpc) is 4.27. The molecule has 4 heteroatoms. The lowest BCUT2D eigenvalue weighted by atomic mass is 9.70. The first-order chi connectivity index (χ1) is 36.1. The Hall–Kier alpha value is -7.37. The summed E-state index contributed by atoms with van der Waals surface area (Å²) in [6.45, 7) is 8.14. The molecule has 0 N–H and O–H groups in total. The van der Waals surface area contributed by atoms with E-state index >= 15 is 0 Å². The summed E-state index contributed by atoms with van der Waals surface area (Å²) in [5, 5.41) is 1.64. The molecule has 0 amide bonds. The van der Waals surface area contributed by atoms with Crippen molar-refractivity contribution < 1.29 is 0 Å². The fourth-order valence-electron chi connectivity index (χ4n) is 12.6. The Morgan fingerprint density at radius 2 is 1.12 bits per heavy atom. The standard InChI is InChI=1S/C69H58N2S2/c1-3-47-23-19-25-49(41-47)21-15-17-39-69(40-18-16-22-50-26-20-24-48(4-2)42-50)59-43-51(65-45-63-67(72-65)57-31-11-13-33-61(57)70(63)53-27-7-5-8-28-53)35-37-55(59)56-38-36-52(44-60(56)69)66-46-64-68(73-66)58-32-12-14-34-62(58)71(64)54-29-9-6-10-30-54/h3-14,19-20,23-38,41-46,63,67H,1-2,15-18,21-22,39-40H2. The number of hydrogen-bond acceptors (Lipinski definition) is 3. The summed E-state index contributed by atoms with van der Waals surface area (Å²) in [6.07, 6.45) is 15.3. The van der Waals surface area contributed by atoms with E-state index in [1.165, 1.54) is 109 Å². The highest BCUT2D eigenvalue weighted by atomic mass is 32.2. The van der Waals surface area contributed by atoms with Gasteiger partial charge in [-0.15, -0.1) is 23.1 Å². The molecule has 10 aromatic rings. The maximum Gasteiger partial charge on any atom is 0.0700 e. The summed E-state index contributed by atoms with van der Waals surface area (Å²) in [4.78, 5) is 5.28. The van der Waals surface area contributed by atoms with Crippen LogP contribution in [0.4, 0.5) is 11.4 Å². The number of aryl methyl sites for hydroxylation is 2. The van der Waals surface area contributed by atoms with Crippen LogP contribution in [0.3, 0.4) is 0 Å². The molecule has 356 valence electrons. The van der Waals surface area contributed by atoms with Gasteiger partial charge in [-0.2, -0.15) is 0 Å². The van der Waals surface area contributed by atoms with Gasteiger partial charge in [-0.1, -0.05) is 184 Å². The van der Waals surface area contributed by atoms with Crippen LogP contribution in [0.25, 0.3) is 65.4 Å². The van der Waals surface area contributed by atoms with Crippen LogP contribution in [0.15, 0.2) is 219 Å². The van der Waals surface area contributed by atoms with E-state index < -0.39 is 0 Å². The smallest absolute Gasteiger partial charge is 0.0700 e. The third kappa shape index (κ3) is 8.13. The van der Waals surface area contributed by atoms with Crippen molar-refractivity contribution in [3.8, 4) is 27.3 Å². The van der Waals surface area contributed by atoms with E-state index in [9.17, 15) is 0 Å². The number of fused-ring (bicyclic) bond motifs is 9. The number of thiophene rings is 1. The van der Waals surface area contributed by atoms with Gasteiger partial charge in [0.2, 0.25) is 0 Å². The third-order valence-electron chi connectivity index (χ3n) is 16.0. The molecule has 0 saturated heterocycles. The molecule has 2 aromatic heterocycles. The van der Waals surface area contributed by atoms with Crippen LogP contribution in [-0.4, -0.2) is 10.6 Å². The first-order valence-electron chi connectivity index (χ1n) is 26.2. The Balaban J connectivity index is 0.922. The Bertz CT molecular complexity index is 3680. The number of para-hydroxylation sites is 4. The summed E-state index contributed by atoms with van der Waals surface area (Å²) in [6, 6.07) is 75.5. The summed E-state index contributed by atoms with van der Waals surface area (Å²) < 4.78 is 3.80. The predicted octanol–water partition coefficient (Wildman–Crippen LogP) is 19.2. The lowest BCUT2D eigenvalue weighted by Crippen LogP contribution is -2.26. The highest BCUT2D eigenvalue weighted by Gasteiger charge is 2.45. The van der Waals surface area contributed by atoms with Crippen LogP contribution in [0, 0.1) is 0 Å². The van der Waals surface area contributed by atoms with Gasteiger partial charge in [-0.05, 0) is 160 Å². The minimum Gasteiger partial charge on any atom is -0.333 e. The number of thioether (sulfide) groups is 1. The second-order valence-corrected chi connectivity index (χ2v) is 22.5. The van der Waals surface area contributed by atoms with Crippen LogP contribution in [0.5, 0.6) is 0 Å². The van der Waals surface area contributed by atoms with E-state index in [1.807, 2.05) is 23.5 Å². The molecular weight excluding hydrogens is 921 g/mol. The number of anilines is 2. The normalized spacial score (nSPS) is 16.1. The van der Waals surface area contributed by atoms with E-state index in [-0.39, 0.29) is 11.5 Å². The number of aromatic nitrogens is 1. The zero-order valence-corrected chi connectivity index (χ0v) is 42.9. The molecule has 2 aliphatic heterocycles. The predicted molar refractivity (Wildman–Crippen MR) is 316 cm³/mol. The highest BCUT2D eigenvalue weighted by molar-refractivity contribution is 8.08. The van der Waals surface area contributed by atoms with Gasteiger partial charge < -0.3 is 9.47 Å². The molecule has 13 rings (SSSR count). The monoisotopic (exact) mass is 978 g/mol. The average molecular weight is 979 g/mol. The van der Waals surface area contributed by atoms with Gasteiger partial charge in [0.05, 0.1) is 27.0 Å². The van der Waals surface area contributed by atoms with E-state index in [0.717, 1.165) is 51.4 Å². The van der Waals surface area contributed by atoms with Crippen molar-refractivity contribution in [2.45, 2.75) is 68.1 Å². The summed E-state index contributed by atoms with van der Waals surface area (Å²) >= 11 is 4.00. The maximum absolute atomic E-state index is 4.07. The highest BCUT2D eigenvalue weighted by Crippen LogP contribution is 2.61. The number of benzene rings is 8. The molecule has 3 aliphatic rings.